The summed E-state index contributed by atoms with van der Waals surface area (Å²) < 4.78 is 0. The molecule has 0 spiro atoms. The number of nitrogens with one attached hydrogen (secondary N) is 1. The Bertz CT molecular complexity index is 667. The molecule has 2 heterocycles. The third-order valence-electron chi connectivity index (χ3n) is 7.90. The number of hydrogen-bond donors (Lipinski definition) is 1. The Morgan fingerprint density at radius 2 is 1.76 bits per heavy atom. The number of fused-ring (bicyclic) bond motifs is 1. The maximum Gasteiger partial charge on any atom is 0.319 e. The highest BCUT2D eigenvalue weighted by atomic mass is 16.2. The number of amides is 3. The Morgan fingerprint density at radius 1 is 1.10 bits per heavy atom. The summed E-state index contributed by atoms with van der Waals surface area (Å²) in [5.41, 5.74) is 0.0298. The summed E-state index contributed by atoms with van der Waals surface area (Å²) in [6.07, 6.45) is 8.68. The van der Waals surface area contributed by atoms with Gasteiger partial charge in [0.15, 0.2) is 0 Å². The molecule has 2 aliphatic heterocycles. The van der Waals surface area contributed by atoms with Crippen LogP contribution in [0.15, 0.2) is 0 Å². The summed E-state index contributed by atoms with van der Waals surface area (Å²) in [7, 11) is 3.64. The summed E-state index contributed by atoms with van der Waals surface area (Å²) in [6.45, 7) is 10.1. The number of urea groups is 1. The molecule has 4 fully saturated rings. The van der Waals surface area contributed by atoms with Gasteiger partial charge < -0.3 is 15.1 Å². The number of likely N-dealkylation sites (tertiary alicyclic amines) is 2. The van der Waals surface area contributed by atoms with Gasteiger partial charge in [-0.1, -0.05) is 12.8 Å². The molecule has 7 heteroatoms. The summed E-state index contributed by atoms with van der Waals surface area (Å²) in [5, 5.41) is 3.75. The van der Waals surface area contributed by atoms with Crippen LogP contribution in [0.1, 0.15) is 51.4 Å². The van der Waals surface area contributed by atoms with Crippen LogP contribution in [-0.4, -0.2) is 78.6 Å². The van der Waals surface area contributed by atoms with E-state index >= 15 is 0 Å². The van der Waals surface area contributed by atoms with Crippen molar-refractivity contribution in [3.63, 3.8) is 0 Å². The van der Waals surface area contributed by atoms with E-state index in [9.17, 15) is 9.59 Å². The van der Waals surface area contributed by atoms with Crippen molar-refractivity contribution in [1.29, 1.82) is 0 Å². The van der Waals surface area contributed by atoms with Crippen molar-refractivity contribution in [1.82, 2.24) is 20.0 Å². The van der Waals surface area contributed by atoms with Crippen molar-refractivity contribution in [3.05, 3.63) is 11.4 Å². The predicted octanol–water partition coefficient (Wildman–Crippen LogP) is 2.40. The molecule has 2 saturated carbocycles. The van der Waals surface area contributed by atoms with Crippen molar-refractivity contribution in [2.75, 3.05) is 40.3 Å². The zero-order valence-corrected chi connectivity index (χ0v) is 17.9. The smallest absolute Gasteiger partial charge is 0.319 e. The van der Waals surface area contributed by atoms with Gasteiger partial charge >= 0.3 is 12.2 Å². The quantitative estimate of drug-likeness (QED) is 0.736. The molecule has 0 radical (unpaired) electrons. The SMILES string of the molecule is [C-]#[N+][C@@H]1CCCN1C(=O)CN[C@@]1(C2CCCC2)C[C@H]2CN(C(=O)N(C)C)C[C@H]2C1. The lowest BCUT2D eigenvalue weighted by Crippen LogP contribution is -2.54. The fraction of sp³-hybridized carbons (Fsp3) is 0.864. The number of carbonyl (C=O) groups is 2. The molecular formula is C22H35N5O2. The molecule has 7 nitrogen and oxygen atoms in total. The van der Waals surface area contributed by atoms with Gasteiger partial charge in [0.05, 0.1) is 6.54 Å². The zero-order valence-electron chi connectivity index (χ0n) is 17.9. The van der Waals surface area contributed by atoms with Gasteiger partial charge in [-0.25, -0.2) is 11.4 Å². The van der Waals surface area contributed by atoms with Crippen molar-refractivity contribution in [2.24, 2.45) is 17.8 Å². The van der Waals surface area contributed by atoms with Crippen molar-refractivity contribution < 1.29 is 9.59 Å². The first-order valence-electron chi connectivity index (χ1n) is 11.3. The molecule has 0 aromatic heterocycles. The Hall–Kier alpha value is -1.81. The molecule has 29 heavy (non-hydrogen) atoms. The van der Waals surface area contributed by atoms with Gasteiger partial charge in [-0.2, -0.15) is 0 Å². The van der Waals surface area contributed by atoms with Gasteiger partial charge in [0.2, 0.25) is 5.91 Å². The Balaban J connectivity index is 1.42. The first kappa shape index (κ1) is 20.5. The normalized spacial score (nSPS) is 34.4. The lowest BCUT2D eigenvalue weighted by molar-refractivity contribution is -0.130. The van der Waals surface area contributed by atoms with Crippen LogP contribution >= 0.6 is 0 Å². The molecule has 2 aliphatic carbocycles. The van der Waals surface area contributed by atoms with Crippen LogP contribution < -0.4 is 5.32 Å². The highest BCUT2D eigenvalue weighted by Crippen LogP contribution is 2.51. The minimum absolute atomic E-state index is 0.0298. The maximum absolute atomic E-state index is 12.9. The third-order valence-corrected chi connectivity index (χ3v) is 7.90. The average Bonchev–Trinajstić information content (AvgIpc) is 3.48. The molecule has 4 rings (SSSR count). The lowest BCUT2D eigenvalue weighted by atomic mass is 9.79. The molecule has 4 aliphatic rings. The van der Waals surface area contributed by atoms with E-state index in [0.29, 0.717) is 24.3 Å². The first-order chi connectivity index (χ1) is 13.9. The lowest BCUT2D eigenvalue weighted by Gasteiger charge is -2.39. The highest BCUT2D eigenvalue weighted by molar-refractivity contribution is 5.79. The monoisotopic (exact) mass is 401 g/mol. The molecule has 0 unspecified atom stereocenters. The number of nitrogens with zero attached hydrogens (tertiary/aromatic N) is 4. The molecule has 1 N–H and O–H groups in total. The van der Waals surface area contributed by atoms with Crippen LogP contribution in [-0.2, 0) is 4.79 Å². The van der Waals surface area contributed by atoms with E-state index in [1.807, 2.05) is 19.0 Å². The van der Waals surface area contributed by atoms with E-state index in [0.717, 1.165) is 45.3 Å². The van der Waals surface area contributed by atoms with E-state index in [2.05, 4.69) is 10.2 Å². The van der Waals surface area contributed by atoms with Crippen molar-refractivity contribution >= 4 is 11.9 Å². The van der Waals surface area contributed by atoms with Gasteiger partial charge in [-0.3, -0.25) is 14.5 Å². The Labute approximate surface area is 174 Å². The van der Waals surface area contributed by atoms with Crippen LogP contribution in [0, 0.1) is 24.3 Å². The Kier molecular flexibility index (Phi) is 5.74. The van der Waals surface area contributed by atoms with Crippen LogP contribution in [0.2, 0.25) is 0 Å². The van der Waals surface area contributed by atoms with Gasteiger partial charge in [-0.05, 0) is 49.9 Å². The van der Waals surface area contributed by atoms with Gasteiger partial charge in [0.25, 0.3) is 0 Å². The van der Waals surface area contributed by atoms with Crippen LogP contribution in [0.25, 0.3) is 4.85 Å². The Morgan fingerprint density at radius 3 is 2.34 bits per heavy atom. The zero-order chi connectivity index (χ0) is 20.6. The van der Waals surface area contributed by atoms with Gasteiger partial charge in [-0.15, -0.1) is 0 Å². The molecule has 0 aromatic carbocycles. The van der Waals surface area contributed by atoms with Crippen molar-refractivity contribution in [2.45, 2.75) is 63.1 Å². The topological polar surface area (TPSA) is 60.3 Å². The molecule has 3 amide bonds. The van der Waals surface area contributed by atoms with Crippen LogP contribution in [0.5, 0.6) is 0 Å². The van der Waals surface area contributed by atoms with E-state index in [1.165, 1.54) is 25.7 Å². The fourth-order valence-corrected chi connectivity index (χ4v) is 6.49. The minimum atomic E-state index is -0.264. The van der Waals surface area contributed by atoms with Crippen LogP contribution in [0.3, 0.4) is 0 Å². The first-order valence-corrected chi connectivity index (χ1v) is 11.3. The molecule has 4 atom stereocenters. The maximum atomic E-state index is 12.9. The summed E-state index contributed by atoms with van der Waals surface area (Å²) in [5.74, 6) is 1.78. The molecular weight excluding hydrogens is 366 g/mol. The summed E-state index contributed by atoms with van der Waals surface area (Å²) in [4.78, 5) is 34.3. The molecule has 160 valence electrons. The average molecular weight is 402 g/mol. The van der Waals surface area contributed by atoms with E-state index in [1.54, 1.807) is 9.80 Å². The molecule has 0 bridgehead atoms. The second kappa shape index (κ2) is 8.14. The largest absolute Gasteiger partial charge is 0.331 e. The highest BCUT2D eigenvalue weighted by Gasteiger charge is 2.53. The standard InChI is InChI=1S/C22H35N5O2/c1-23-19-9-6-10-27(19)20(28)13-24-22(18-7-4-5-8-18)11-16-14-26(15-17(16)12-22)21(29)25(2)3/h16-19,24H,4-15H2,2-3H3/t16-,17+,19-,22-/m0/s1. The van der Waals surface area contributed by atoms with E-state index < -0.39 is 0 Å². The van der Waals surface area contributed by atoms with Crippen LogP contribution in [0.4, 0.5) is 4.79 Å². The number of rotatable bonds is 4. The van der Waals surface area contributed by atoms with Gasteiger partial charge in [0, 0.05) is 45.7 Å². The second-order valence-electron chi connectivity index (χ2n) is 9.84. The number of carbonyl (C=O) groups excluding carboxylic acids is 2. The fourth-order valence-electron chi connectivity index (χ4n) is 6.49. The van der Waals surface area contributed by atoms with Gasteiger partial charge in [0.1, 0.15) is 0 Å². The molecule has 2 saturated heterocycles. The van der Waals surface area contributed by atoms with E-state index in [-0.39, 0.29) is 23.6 Å². The third kappa shape index (κ3) is 3.84. The van der Waals surface area contributed by atoms with Crippen molar-refractivity contribution in [3.8, 4) is 0 Å². The second-order valence-corrected chi connectivity index (χ2v) is 9.84. The number of hydrogen-bond acceptors (Lipinski definition) is 3. The molecule has 0 aromatic rings. The minimum Gasteiger partial charge on any atom is -0.331 e. The van der Waals surface area contributed by atoms with E-state index in [4.69, 9.17) is 6.57 Å². The summed E-state index contributed by atoms with van der Waals surface area (Å²) in [6, 6.07) is 0.119. The summed E-state index contributed by atoms with van der Waals surface area (Å²) >= 11 is 0. The predicted molar refractivity (Wildman–Crippen MR) is 111 cm³/mol.